The zero-order valence-electron chi connectivity index (χ0n) is 13.8. The molecule has 2 heterocycles. The summed E-state index contributed by atoms with van der Waals surface area (Å²) < 4.78 is 11.3. The molecule has 6 nitrogen and oxygen atoms in total. The Morgan fingerprint density at radius 2 is 2.17 bits per heavy atom. The van der Waals surface area contributed by atoms with Crippen molar-refractivity contribution in [3.05, 3.63) is 29.8 Å². The molecule has 2 aliphatic heterocycles. The lowest BCUT2D eigenvalue weighted by Crippen LogP contribution is -2.60. The molecule has 0 amide bonds. The molecule has 2 unspecified atom stereocenters. The van der Waals surface area contributed by atoms with Crippen LogP contribution >= 0.6 is 0 Å². The normalized spacial score (nSPS) is 30.5. The number of aliphatic imine (C=N–C) groups is 1. The summed E-state index contributed by atoms with van der Waals surface area (Å²) in [6.07, 6.45) is 1.51. The molecule has 2 atom stereocenters. The SMILES string of the molecule is COc1ccc(C2(C)OCCCC2(O)CNC2=NCCN2)cc1. The van der Waals surface area contributed by atoms with E-state index in [9.17, 15) is 5.11 Å². The van der Waals surface area contributed by atoms with E-state index in [1.165, 1.54) is 0 Å². The number of aliphatic hydroxyl groups is 1. The molecule has 6 heteroatoms. The van der Waals surface area contributed by atoms with E-state index in [-0.39, 0.29) is 0 Å². The van der Waals surface area contributed by atoms with Gasteiger partial charge in [0.05, 0.1) is 13.7 Å². The Morgan fingerprint density at radius 3 is 2.83 bits per heavy atom. The zero-order chi connectivity index (χ0) is 16.3. The van der Waals surface area contributed by atoms with Gasteiger partial charge in [-0.05, 0) is 37.5 Å². The van der Waals surface area contributed by atoms with Crippen molar-refractivity contribution >= 4 is 5.96 Å². The molecule has 3 N–H and O–H groups in total. The first-order chi connectivity index (χ1) is 11.1. The van der Waals surface area contributed by atoms with Crippen LogP contribution in [-0.2, 0) is 10.3 Å². The van der Waals surface area contributed by atoms with E-state index in [4.69, 9.17) is 9.47 Å². The van der Waals surface area contributed by atoms with Crippen molar-refractivity contribution in [3.63, 3.8) is 0 Å². The summed E-state index contributed by atoms with van der Waals surface area (Å²) in [5, 5.41) is 17.7. The second kappa shape index (κ2) is 6.37. The average Bonchev–Trinajstić information content (AvgIpc) is 3.10. The minimum absolute atomic E-state index is 0.390. The molecule has 0 radical (unpaired) electrons. The molecule has 1 fully saturated rings. The molecule has 1 aromatic rings. The topological polar surface area (TPSA) is 75.1 Å². The summed E-state index contributed by atoms with van der Waals surface area (Å²) in [5.74, 6) is 1.54. The van der Waals surface area contributed by atoms with E-state index in [0.717, 1.165) is 36.8 Å². The number of benzene rings is 1. The molecule has 0 spiro atoms. The van der Waals surface area contributed by atoms with Gasteiger partial charge in [-0.1, -0.05) is 12.1 Å². The van der Waals surface area contributed by atoms with Crippen molar-refractivity contribution in [2.75, 3.05) is 33.4 Å². The standard InChI is InChI=1S/C17H25N3O3/c1-16(13-4-6-14(22-2)7-5-13)17(21,8-3-11-23-16)12-20-15-18-9-10-19-15/h4-7,21H,3,8-12H2,1-2H3,(H2,18,19,20). The second-order valence-electron chi connectivity index (χ2n) is 6.26. The number of methoxy groups -OCH3 is 1. The van der Waals surface area contributed by atoms with Crippen molar-refractivity contribution in [1.82, 2.24) is 10.6 Å². The highest BCUT2D eigenvalue weighted by molar-refractivity contribution is 5.81. The predicted octanol–water partition coefficient (Wildman–Crippen LogP) is 1.00. The van der Waals surface area contributed by atoms with Crippen molar-refractivity contribution in [3.8, 4) is 5.75 Å². The first-order valence-electron chi connectivity index (χ1n) is 8.10. The summed E-state index contributed by atoms with van der Waals surface area (Å²) in [6, 6.07) is 7.71. The molecule has 2 aliphatic rings. The lowest BCUT2D eigenvalue weighted by molar-refractivity contribution is -0.209. The Kier molecular flexibility index (Phi) is 4.46. The average molecular weight is 319 g/mol. The number of nitrogens with one attached hydrogen (secondary N) is 2. The van der Waals surface area contributed by atoms with Gasteiger partial charge in [0.25, 0.3) is 0 Å². The van der Waals surface area contributed by atoms with Crippen molar-refractivity contribution in [1.29, 1.82) is 0 Å². The first kappa shape index (κ1) is 16.1. The molecule has 23 heavy (non-hydrogen) atoms. The maximum absolute atomic E-state index is 11.3. The number of nitrogens with zero attached hydrogens (tertiary/aromatic N) is 1. The van der Waals surface area contributed by atoms with E-state index in [2.05, 4.69) is 15.6 Å². The number of hydrogen-bond acceptors (Lipinski definition) is 6. The largest absolute Gasteiger partial charge is 0.497 e. The highest BCUT2D eigenvalue weighted by Gasteiger charge is 2.51. The Balaban J connectivity index is 1.82. The van der Waals surface area contributed by atoms with Crippen LogP contribution in [0.15, 0.2) is 29.3 Å². The third-order valence-corrected chi connectivity index (χ3v) is 4.88. The fraction of sp³-hybridized carbons (Fsp3) is 0.588. The smallest absolute Gasteiger partial charge is 0.191 e. The minimum atomic E-state index is -1.01. The third kappa shape index (κ3) is 3.01. The van der Waals surface area contributed by atoms with Gasteiger partial charge in [-0.15, -0.1) is 0 Å². The van der Waals surface area contributed by atoms with E-state index >= 15 is 0 Å². The summed E-state index contributed by atoms with van der Waals surface area (Å²) >= 11 is 0. The fourth-order valence-electron chi connectivity index (χ4n) is 3.28. The van der Waals surface area contributed by atoms with Crippen LogP contribution in [0.2, 0.25) is 0 Å². The Hall–Kier alpha value is -1.79. The molecule has 0 saturated carbocycles. The molecule has 1 saturated heterocycles. The van der Waals surface area contributed by atoms with Gasteiger partial charge in [-0.2, -0.15) is 0 Å². The monoisotopic (exact) mass is 319 g/mol. The third-order valence-electron chi connectivity index (χ3n) is 4.88. The minimum Gasteiger partial charge on any atom is -0.497 e. The van der Waals surface area contributed by atoms with Gasteiger partial charge in [0.2, 0.25) is 0 Å². The summed E-state index contributed by atoms with van der Waals surface area (Å²) in [7, 11) is 1.64. The number of hydrogen-bond donors (Lipinski definition) is 3. The van der Waals surface area contributed by atoms with Gasteiger partial charge in [0.15, 0.2) is 5.96 Å². The predicted molar refractivity (Wildman–Crippen MR) is 88.8 cm³/mol. The van der Waals surface area contributed by atoms with E-state index in [1.807, 2.05) is 31.2 Å². The summed E-state index contributed by atoms with van der Waals surface area (Å²) in [5.41, 5.74) is -0.834. The van der Waals surface area contributed by atoms with Crippen molar-refractivity contribution in [2.45, 2.75) is 31.0 Å². The highest BCUT2D eigenvalue weighted by Crippen LogP contribution is 2.43. The molecular weight excluding hydrogens is 294 g/mol. The lowest BCUT2D eigenvalue weighted by atomic mass is 9.74. The maximum atomic E-state index is 11.3. The second-order valence-corrected chi connectivity index (χ2v) is 6.26. The number of guanidine groups is 1. The van der Waals surface area contributed by atoms with Crippen LogP contribution in [0.3, 0.4) is 0 Å². The van der Waals surface area contributed by atoms with Crippen LogP contribution < -0.4 is 15.4 Å². The van der Waals surface area contributed by atoms with Gasteiger partial charge in [0, 0.05) is 19.7 Å². The van der Waals surface area contributed by atoms with Crippen LogP contribution in [0.5, 0.6) is 5.75 Å². The molecule has 126 valence electrons. The van der Waals surface area contributed by atoms with Gasteiger partial charge in [-0.3, -0.25) is 4.99 Å². The zero-order valence-corrected chi connectivity index (χ0v) is 13.8. The van der Waals surface area contributed by atoms with Crippen LogP contribution in [-0.4, -0.2) is 50.0 Å². The summed E-state index contributed by atoms with van der Waals surface area (Å²) in [6.45, 7) is 4.60. The van der Waals surface area contributed by atoms with Gasteiger partial charge < -0.3 is 25.2 Å². The molecule has 3 rings (SSSR count). The van der Waals surface area contributed by atoms with Crippen LogP contribution in [0.25, 0.3) is 0 Å². The number of ether oxygens (including phenoxy) is 2. The first-order valence-corrected chi connectivity index (χ1v) is 8.10. The van der Waals surface area contributed by atoms with E-state index in [1.54, 1.807) is 7.11 Å². The maximum Gasteiger partial charge on any atom is 0.191 e. The Bertz CT molecular complexity index is 575. The van der Waals surface area contributed by atoms with Crippen LogP contribution in [0.1, 0.15) is 25.3 Å². The number of rotatable bonds is 4. The fourth-order valence-corrected chi connectivity index (χ4v) is 3.28. The highest BCUT2D eigenvalue weighted by atomic mass is 16.5. The molecular formula is C17H25N3O3. The molecule has 0 bridgehead atoms. The van der Waals surface area contributed by atoms with Crippen LogP contribution in [0, 0.1) is 0 Å². The quantitative estimate of drug-likeness (QED) is 0.772. The summed E-state index contributed by atoms with van der Waals surface area (Å²) in [4.78, 5) is 4.32. The molecule has 1 aromatic carbocycles. The van der Waals surface area contributed by atoms with E-state index in [0.29, 0.717) is 19.6 Å². The van der Waals surface area contributed by atoms with Crippen molar-refractivity contribution in [2.24, 2.45) is 4.99 Å². The van der Waals surface area contributed by atoms with Gasteiger partial charge in [0.1, 0.15) is 17.0 Å². The van der Waals surface area contributed by atoms with Gasteiger partial charge in [-0.25, -0.2) is 0 Å². The molecule has 0 aliphatic carbocycles. The van der Waals surface area contributed by atoms with E-state index < -0.39 is 11.2 Å². The van der Waals surface area contributed by atoms with Crippen LogP contribution in [0.4, 0.5) is 0 Å². The lowest BCUT2D eigenvalue weighted by Gasteiger charge is -2.48. The van der Waals surface area contributed by atoms with Crippen molar-refractivity contribution < 1.29 is 14.6 Å². The Labute approximate surface area is 136 Å². The van der Waals surface area contributed by atoms with Gasteiger partial charge >= 0.3 is 0 Å². The molecule has 0 aromatic heterocycles. The Morgan fingerprint density at radius 1 is 1.39 bits per heavy atom.